The Morgan fingerprint density at radius 3 is 2.88 bits per heavy atom. The molecular weight excluding hydrogens is 368 g/mol. The Labute approximate surface area is 159 Å². The number of hydrogen-bond acceptors (Lipinski definition) is 8. The van der Waals surface area contributed by atoms with Crippen molar-refractivity contribution in [3.05, 3.63) is 39.5 Å². The van der Waals surface area contributed by atoms with Crippen LogP contribution < -0.4 is 5.32 Å². The summed E-state index contributed by atoms with van der Waals surface area (Å²) in [6.45, 7) is 5.43. The summed E-state index contributed by atoms with van der Waals surface area (Å²) in [6.07, 6.45) is 0.999. The lowest BCUT2D eigenvalue weighted by Gasteiger charge is -2.26. The molecule has 26 heavy (non-hydrogen) atoms. The number of nitrogens with zero attached hydrogens (tertiary/aromatic N) is 3. The number of hydrogen-bond donors (Lipinski definition) is 1. The number of thiophene rings is 2. The molecule has 1 aliphatic rings. The minimum absolute atomic E-state index is 0.0359. The highest BCUT2D eigenvalue weighted by atomic mass is 32.1. The number of rotatable bonds is 7. The summed E-state index contributed by atoms with van der Waals surface area (Å²) in [5, 5.41) is 7.14. The second-order valence-corrected chi connectivity index (χ2v) is 7.94. The van der Waals surface area contributed by atoms with Crippen LogP contribution >= 0.6 is 22.7 Å². The Balaban J connectivity index is 1.44. The summed E-state index contributed by atoms with van der Waals surface area (Å²) < 4.78 is 6.22. The Morgan fingerprint density at radius 1 is 1.19 bits per heavy atom. The normalized spacial score (nSPS) is 15.4. The van der Waals surface area contributed by atoms with E-state index >= 15 is 0 Å². The minimum Gasteiger partial charge on any atom is -0.379 e. The van der Waals surface area contributed by atoms with Crippen molar-refractivity contribution in [1.82, 2.24) is 14.9 Å². The molecule has 1 N–H and O–H groups in total. The van der Waals surface area contributed by atoms with Crippen LogP contribution in [0.25, 0.3) is 10.2 Å². The van der Waals surface area contributed by atoms with Crippen LogP contribution in [0.2, 0.25) is 0 Å². The van der Waals surface area contributed by atoms with Gasteiger partial charge in [0.25, 0.3) is 0 Å². The first-order chi connectivity index (χ1) is 12.8. The van der Waals surface area contributed by atoms with Crippen LogP contribution in [0.1, 0.15) is 21.8 Å². The molecule has 0 saturated carbocycles. The van der Waals surface area contributed by atoms with Gasteiger partial charge in [0.2, 0.25) is 11.7 Å². The van der Waals surface area contributed by atoms with Gasteiger partial charge in [-0.05, 0) is 35.9 Å². The quantitative estimate of drug-likeness (QED) is 0.495. The van der Waals surface area contributed by atoms with Crippen LogP contribution in [0.4, 0.5) is 5.95 Å². The van der Waals surface area contributed by atoms with E-state index in [9.17, 15) is 4.79 Å². The lowest BCUT2D eigenvalue weighted by atomic mass is 10.2. The molecule has 3 aromatic heterocycles. The van der Waals surface area contributed by atoms with Gasteiger partial charge >= 0.3 is 0 Å². The first-order valence-corrected chi connectivity index (χ1v) is 10.4. The van der Waals surface area contributed by atoms with Crippen molar-refractivity contribution in [2.24, 2.45) is 0 Å². The Kier molecular flexibility index (Phi) is 5.54. The van der Waals surface area contributed by atoms with Crippen LogP contribution in [-0.2, 0) is 4.74 Å². The van der Waals surface area contributed by atoms with E-state index in [-0.39, 0.29) is 5.78 Å². The summed E-state index contributed by atoms with van der Waals surface area (Å²) in [6, 6.07) is 5.66. The second-order valence-electron chi connectivity index (χ2n) is 6.07. The van der Waals surface area contributed by atoms with Gasteiger partial charge in [-0.3, -0.25) is 9.69 Å². The molecule has 4 heterocycles. The summed E-state index contributed by atoms with van der Waals surface area (Å²) in [4.78, 5) is 25.0. The molecule has 0 unspecified atom stereocenters. The second kappa shape index (κ2) is 8.22. The van der Waals surface area contributed by atoms with Crippen molar-refractivity contribution in [3.8, 4) is 0 Å². The highest BCUT2D eigenvalue weighted by molar-refractivity contribution is 7.17. The molecule has 0 amide bonds. The fraction of sp³-hybridized carbons (Fsp3) is 0.389. The number of ether oxygens (including phenoxy) is 1. The molecule has 0 spiro atoms. The largest absolute Gasteiger partial charge is 0.379 e. The van der Waals surface area contributed by atoms with Gasteiger partial charge in [-0.15, -0.1) is 22.7 Å². The molecule has 0 aliphatic carbocycles. The lowest BCUT2D eigenvalue weighted by molar-refractivity contribution is 0.0378. The molecule has 1 saturated heterocycles. The Hall–Kier alpha value is -1.87. The average Bonchev–Trinajstić information content (AvgIpc) is 3.36. The standard InChI is InChI=1S/C18H20N4O2S2/c23-16(14-3-1-11-25-14)15-17-13(4-12-26-17)20-18(21-15)19-5-2-6-22-7-9-24-10-8-22/h1,3-4,11-12H,2,5-10H2,(H,19,20,21). The molecule has 3 aromatic rings. The number of fused-ring (bicyclic) bond motifs is 1. The minimum atomic E-state index is -0.0359. The van der Waals surface area contributed by atoms with E-state index in [1.807, 2.05) is 29.0 Å². The zero-order valence-corrected chi connectivity index (χ0v) is 15.9. The third-order valence-electron chi connectivity index (χ3n) is 4.30. The zero-order valence-electron chi connectivity index (χ0n) is 14.3. The number of anilines is 1. The van der Waals surface area contributed by atoms with Gasteiger partial charge in [0.1, 0.15) is 5.69 Å². The van der Waals surface area contributed by atoms with E-state index in [0.717, 1.165) is 56.0 Å². The summed E-state index contributed by atoms with van der Waals surface area (Å²) in [5.41, 5.74) is 1.31. The number of aromatic nitrogens is 2. The summed E-state index contributed by atoms with van der Waals surface area (Å²) in [5.74, 6) is 0.490. The molecule has 0 radical (unpaired) electrons. The van der Waals surface area contributed by atoms with Gasteiger partial charge in [-0.2, -0.15) is 0 Å². The van der Waals surface area contributed by atoms with E-state index < -0.39 is 0 Å². The zero-order chi connectivity index (χ0) is 17.8. The predicted molar refractivity (Wildman–Crippen MR) is 106 cm³/mol. The van der Waals surface area contributed by atoms with Crippen LogP contribution in [-0.4, -0.2) is 60.0 Å². The van der Waals surface area contributed by atoms with E-state index in [4.69, 9.17) is 4.74 Å². The maximum atomic E-state index is 12.8. The summed E-state index contributed by atoms with van der Waals surface area (Å²) in [7, 11) is 0. The number of ketones is 1. The Morgan fingerprint density at radius 2 is 2.08 bits per heavy atom. The number of carbonyl (C=O) groups excluding carboxylic acids is 1. The highest BCUT2D eigenvalue weighted by Crippen LogP contribution is 2.26. The molecule has 8 heteroatoms. The number of morpholine rings is 1. The third kappa shape index (κ3) is 3.93. The average molecular weight is 389 g/mol. The van der Waals surface area contributed by atoms with Crippen LogP contribution in [0.5, 0.6) is 0 Å². The topological polar surface area (TPSA) is 67.4 Å². The molecule has 4 rings (SSSR count). The van der Waals surface area contributed by atoms with E-state index in [0.29, 0.717) is 16.5 Å². The molecule has 0 atom stereocenters. The smallest absolute Gasteiger partial charge is 0.224 e. The highest BCUT2D eigenvalue weighted by Gasteiger charge is 2.18. The van der Waals surface area contributed by atoms with Crippen molar-refractivity contribution < 1.29 is 9.53 Å². The molecule has 0 aromatic carbocycles. The monoisotopic (exact) mass is 388 g/mol. The Bertz CT molecular complexity index is 873. The SMILES string of the molecule is O=C(c1cccs1)c1nc(NCCCN2CCOCC2)nc2ccsc12. The number of nitrogens with one attached hydrogen (secondary N) is 1. The van der Waals surface area contributed by atoms with Crippen molar-refractivity contribution in [2.75, 3.05) is 44.7 Å². The van der Waals surface area contributed by atoms with Crippen molar-refractivity contribution in [1.29, 1.82) is 0 Å². The van der Waals surface area contributed by atoms with Crippen molar-refractivity contribution in [2.45, 2.75) is 6.42 Å². The van der Waals surface area contributed by atoms with Gasteiger partial charge in [0.05, 0.1) is 28.3 Å². The van der Waals surface area contributed by atoms with Crippen LogP contribution in [0, 0.1) is 0 Å². The maximum absolute atomic E-state index is 12.8. The van der Waals surface area contributed by atoms with Gasteiger partial charge in [0.15, 0.2) is 0 Å². The van der Waals surface area contributed by atoms with E-state index in [1.54, 1.807) is 0 Å². The maximum Gasteiger partial charge on any atom is 0.224 e. The molecule has 1 aliphatic heterocycles. The first-order valence-electron chi connectivity index (χ1n) is 8.69. The van der Waals surface area contributed by atoms with Gasteiger partial charge in [-0.1, -0.05) is 6.07 Å². The van der Waals surface area contributed by atoms with E-state index in [2.05, 4.69) is 20.2 Å². The predicted octanol–water partition coefficient (Wildman–Crippen LogP) is 3.12. The fourth-order valence-corrected chi connectivity index (χ4v) is 4.43. The van der Waals surface area contributed by atoms with Crippen molar-refractivity contribution in [3.63, 3.8) is 0 Å². The van der Waals surface area contributed by atoms with Crippen LogP contribution in [0.3, 0.4) is 0 Å². The van der Waals surface area contributed by atoms with Crippen LogP contribution in [0.15, 0.2) is 29.0 Å². The summed E-state index contributed by atoms with van der Waals surface area (Å²) >= 11 is 2.95. The molecular formula is C18H20N4O2S2. The van der Waals surface area contributed by atoms with Gasteiger partial charge in [-0.25, -0.2) is 9.97 Å². The first kappa shape index (κ1) is 17.5. The third-order valence-corrected chi connectivity index (χ3v) is 6.08. The van der Waals surface area contributed by atoms with Gasteiger partial charge < -0.3 is 10.1 Å². The molecule has 136 valence electrons. The van der Waals surface area contributed by atoms with E-state index in [1.165, 1.54) is 22.7 Å². The van der Waals surface area contributed by atoms with Gasteiger partial charge in [0, 0.05) is 19.6 Å². The van der Waals surface area contributed by atoms with Crippen molar-refractivity contribution >= 4 is 44.6 Å². The molecule has 0 bridgehead atoms. The fourth-order valence-electron chi connectivity index (χ4n) is 2.95. The molecule has 6 nitrogen and oxygen atoms in total. The lowest BCUT2D eigenvalue weighted by Crippen LogP contribution is -2.37. The number of carbonyl (C=O) groups is 1. The molecule has 1 fully saturated rings.